The minimum absolute atomic E-state index is 0. The van der Waals surface area contributed by atoms with E-state index in [1.165, 1.54) is 0 Å². The number of aryl methyl sites for hydroxylation is 1. The SMILES string of the molecule is CC(N)CCNC(=O)CCc1ncc(-c2ccccc2Br)o1.Cl.Cl. The van der Waals surface area contributed by atoms with Crippen LogP contribution in [0.25, 0.3) is 11.3 Å². The van der Waals surface area contributed by atoms with Crippen molar-refractivity contribution in [3.63, 3.8) is 0 Å². The quantitative estimate of drug-likeness (QED) is 0.689. The molecule has 0 aliphatic rings. The molecule has 0 spiro atoms. The maximum atomic E-state index is 11.7. The van der Waals surface area contributed by atoms with Gasteiger partial charge < -0.3 is 15.5 Å². The van der Waals surface area contributed by atoms with Crippen molar-refractivity contribution in [2.24, 2.45) is 5.73 Å². The Balaban J connectivity index is 0.00000264. The lowest BCUT2D eigenvalue weighted by molar-refractivity contribution is -0.121. The molecule has 8 heteroatoms. The molecule has 5 nitrogen and oxygen atoms in total. The van der Waals surface area contributed by atoms with E-state index in [-0.39, 0.29) is 36.8 Å². The number of halogens is 3. The van der Waals surface area contributed by atoms with Gasteiger partial charge >= 0.3 is 0 Å². The summed E-state index contributed by atoms with van der Waals surface area (Å²) in [5.74, 6) is 1.24. The lowest BCUT2D eigenvalue weighted by Gasteiger charge is -2.06. The molecule has 0 saturated carbocycles. The van der Waals surface area contributed by atoms with E-state index < -0.39 is 0 Å². The molecule has 1 heterocycles. The van der Waals surface area contributed by atoms with Gasteiger partial charge in [-0.3, -0.25) is 4.79 Å². The fourth-order valence-corrected chi connectivity index (χ4v) is 2.44. The van der Waals surface area contributed by atoms with Gasteiger partial charge in [-0.15, -0.1) is 24.8 Å². The summed E-state index contributed by atoms with van der Waals surface area (Å²) in [6, 6.07) is 7.88. The third-order valence-electron chi connectivity index (χ3n) is 3.18. The molecule has 2 aromatic rings. The first-order chi connectivity index (χ1) is 10.6. The Morgan fingerprint density at radius 3 is 2.75 bits per heavy atom. The second-order valence-electron chi connectivity index (χ2n) is 5.21. The van der Waals surface area contributed by atoms with Gasteiger partial charge in [-0.1, -0.05) is 34.1 Å². The van der Waals surface area contributed by atoms with Gasteiger partial charge in [-0.2, -0.15) is 0 Å². The Morgan fingerprint density at radius 2 is 2.08 bits per heavy atom. The van der Waals surface area contributed by atoms with Crippen molar-refractivity contribution in [1.29, 1.82) is 0 Å². The summed E-state index contributed by atoms with van der Waals surface area (Å²) in [7, 11) is 0. The predicted octanol–water partition coefficient (Wildman–Crippen LogP) is 3.73. The van der Waals surface area contributed by atoms with Crippen LogP contribution in [0.5, 0.6) is 0 Å². The largest absolute Gasteiger partial charge is 0.441 e. The summed E-state index contributed by atoms with van der Waals surface area (Å²) in [6.45, 7) is 2.52. The molecule has 0 aliphatic carbocycles. The molecular weight excluding hydrogens is 417 g/mol. The third-order valence-corrected chi connectivity index (χ3v) is 3.87. The number of nitrogens with two attached hydrogens (primary N) is 1. The molecule has 1 unspecified atom stereocenters. The van der Waals surface area contributed by atoms with Gasteiger partial charge in [0.15, 0.2) is 11.7 Å². The second-order valence-corrected chi connectivity index (χ2v) is 6.07. The Labute approximate surface area is 162 Å². The van der Waals surface area contributed by atoms with Crippen molar-refractivity contribution in [1.82, 2.24) is 10.3 Å². The van der Waals surface area contributed by atoms with Crippen LogP contribution in [-0.4, -0.2) is 23.5 Å². The number of carbonyl (C=O) groups is 1. The van der Waals surface area contributed by atoms with Gasteiger partial charge in [0.25, 0.3) is 0 Å². The molecule has 1 aromatic carbocycles. The van der Waals surface area contributed by atoms with Crippen LogP contribution in [0, 0.1) is 0 Å². The highest BCUT2D eigenvalue weighted by Gasteiger charge is 2.10. The summed E-state index contributed by atoms with van der Waals surface area (Å²) in [6.07, 6.45) is 3.30. The van der Waals surface area contributed by atoms with Gasteiger partial charge in [-0.25, -0.2) is 4.98 Å². The number of aromatic nitrogens is 1. The standard InChI is InChI=1S/C16H20BrN3O2.2ClH/c1-11(18)8-9-19-15(21)6-7-16-20-10-14(22-16)12-4-2-3-5-13(12)17;;/h2-5,10-11H,6-9,18H2,1H3,(H,19,21);2*1H. The highest BCUT2D eigenvalue weighted by molar-refractivity contribution is 9.10. The predicted molar refractivity (Wildman–Crippen MR) is 104 cm³/mol. The fraction of sp³-hybridized carbons (Fsp3) is 0.375. The summed E-state index contributed by atoms with van der Waals surface area (Å²) in [4.78, 5) is 15.9. The van der Waals surface area contributed by atoms with Gasteiger partial charge in [0, 0.05) is 35.5 Å². The van der Waals surface area contributed by atoms with Crippen molar-refractivity contribution in [2.75, 3.05) is 6.54 Å². The summed E-state index contributed by atoms with van der Waals surface area (Å²) < 4.78 is 6.65. The van der Waals surface area contributed by atoms with Crippen LogP contribution in [0.3, 0.4) is 0 Å². The monoisotopic (exact) mass is 437 g/mol. The average Bonchev–Trinajstić information content (AvgIpc) is 2.94. The molecule has 0 fully saturated rings. The van der Waals surface area contributed by atoms with Crippen LogP contribution in [-0.2, 0) is 11.2 Å². The zero-order chi connectivity index (χ0) is 15.9. The van der Waals surface area contributed by atoms with E-state index in [2.05, 4.69) is 26.2 Å². The molecule has 0 bridgehead atoms. The average molecular weight is 439 g/mol. The topological polar surface area (TPSA) is 81.1 Å². The van der Waals surface area contributed by atoms with Crippen molar-refractivity contribution in [3.05, 3.63) is 40.8 Å². The van der Waals surface area contributed by atoms with E-state index in [0.717, 1.165) is 16.5 Å². The number of rotatable bonds is 7. The smallest absolute Gasteiger partial charge is 0.220 e. The minimum atomic E-state index is -0.0127. The second kappa shape index (κ2) is 11.5. The number of nitrogens with one attached hydrogen (secondary N) is 1. The van der Waals surface area contributed by atoms with E-state index in [0.29, 0.717) is 31.0 Å². The van der Waals surface area contributed by atoms with E-state index in [9.17, 15) is 4.79 Å². The maximum Gasteiger partial charge on any atom is 0.220 e. The third kappa shape index (κ3) is 7.21. The van der Waals surface area contributed by atoms with E-state index >= 15 is 0 Å². The van der Waals surface area contributed by atoms with Gasteiger partial charge in [0.2, 0.25) is 5.91 Å². The number of nitrogens with zero attached hydrogens (tertiary/aromatic N) is 1. The zero-order valence-electron chi connectivity index (χ0n) is 13.3. The van der Waals surface area contributed by atoms with Crippen LogP contribution in [0.1, 0.15) is 25.7 Å². The number of benzene rings is 1. The zero-order valence-corrected chi connectivity index (χ0v) is 16.5. The highest BCUT2D eigenvalue weighted by Crippen LogP contribution is 2.28. The number of hydrogen-bond acceptors (Lipinski definition) is 4. The Morgan fingerprint density at radius 1 is 1.38 bits per heavy atom. The van der Waals surface area contributed by atoms with Crippen molar-refractivity contribution < 1.29 is 9.21 Å². The first-order valence-corrected chi connectivity index (χ1v) is 8.07. The maximum absolute atomic E-state index is 11.7. The van der Waals surface area contributed by atoms with Crippen molar-refractivity contribution in [2.45, 2.75) is 32.2 Å². The van der Waals surface area contributed by atoms with E-state index in [1.54, 1.807) is 6.20 Å². The number of carbonyl (C=O) groups excluding carboxylic acids is 1. The van der Waals surface area contributed by atoms with Gasteiger partial charge in [0.05, 0.1) is 6.20 Å². The molecule has 0 saturated heterocycles. The van der Waals surface area contributed by atoms with Gasteiger partial charge in [0.1, 0.15) is 0 Å². The van der Waals surface area contributed by atoms with E-state index in [4.69, 9.17) is 10.2 Å². The fourth-order valence-electron chi connectivity index (χ4n) is 1.96. The first kappa shape index (κ1) is 22.9. The van der Waals surface area contributed by atoms with Crippen LogP contribution in [0.4, 0.5) is 0 Å². The molecule has 134 valence electrons. The summed E-state index contributed by atoms with van der Waals surface area (Å²) in [5, 5.41) is 2.84. The molecule has 1 aromatic heterocycles. The lowest BCUT2D eigenvalue weighted by Crippen LogP contribution is -2.29. The van der Waals surface area contributed by atoms with E-state index in [1.807, 2.05) is 31.2 Å². The first-order valence-electron chi connectivity index (χ1n) is 7.28. The van der Waals surface area contributed by atoms with Crippen LogP contribution in [0.2, 0.25) is 0 Å². The molecule has 2 rings (SSSR count). The summed E-state index contributed by atoms with van der Waals surface area (Å²) in [5.41, 5.74) is 6.58. The Kier molecular flexibility index (Phi) is 11.0. The number of hydrogen-bond donors (Lipinski definition) is 2. The molecule has 0 radical (unpaired) electrons. The Hall–Kier alpha value is -1.08. The summed E-state index contributed by atoms with van der Waals surface area (Å²) >= 11 is 3.48. The van der Waals surface area contributed by atoms with Crippen LogP contribution in [0.15, 0.2) is 39.4 Å². The molecular formula is C16H22BrCl2N3O2. The lowest BCUT2D eigenvalue weighted by atomic mass is 10.2. The molecule has 1 amide bonds. The van der Waals surface area contributed by atoms with Crippen molar-refractivity contribution >= 4 is 46.7 Å². The molecule has 24 heavy (non-hydrogen) atoms. The van der Waals surface area contributed by atoms with Crippen LogP contribution >= 0.6 is 40.7 Å². The minimum Gasteiger partial charge on any atom is -0.441 e. The normalized spacial score (nSPS) is 11.1. The van der Waals surface area contributed by atoms with Crippen molar-refractivity contribution in [3.8, 4) is 11.3 Å². The number of oxazole rings is 1. The van der Waals surface area contributed by atoms with Gasteiger partial charge in [-0.05, 0) is 19.4 Å². The molecule has 3 N–H and O–H groups in total. The molecule has 1 atom stereocenters. The highest BCUT2D eigenvalue weighted by atomic mass is 79.9. The molecule has 0 aliphatic heterocycles. The van der Waals surface area contributed by atoms with Crippen LogP contribution < -0.4 is 11.1 Å². The Bertz CT molecular complexity index is 635. The number of amides is 1.